The van der Waals surface area contributed by atoms with Gasteiger partial charge in [0.1, 0.15) is 5.82 Å². The van der Waals surface area contributed by atoms with Gasteiger partial charge in [-0.2, -0.15) is 0 Å². The normalized spacial score (nSPS) is 11.1. The fourth-order valence-corrected chi connectivity index (χ4v) is 5.16. The number of amides is 1. The number of para-hydroxylation sites is 1. The molecule has 1 N–H and O–H groups in total. The van der Waals surface area contributed by atoms with Crippen LogP contribution in [0.4, 0.5) is 10.1 Å². The minimum Gasteiger partial charge on any atom is -0.322 e. The number of fused-ring (bicyclic) bond motifs is 1. The topological polar surface area (TPSA) is 72.7 Å². The highest BCUT2D eigenvalue weighted by Gasteiger charge is 2.09. The quantitative estimate of drug-likeness (QED) is 0.309. The number of rotatable bonds is 7. The predicted octanol–water partition coefficient (Wildman–Crippen LogP) is 5.62. The van der Waals surface area contributed by atoms with E-state index < -0.39 is 0 Å². The first kappa shape index (κ1) is 21.3. The van der Waals surface area contributed by atoms with E-state index in [1.165, 1.54) is 29.0 Å². The van der Waals surface area contributed by atoms with Gasteiger partial charge >= 0.3 is 0 Å². The second-order valence-electron chi connectivity index (χ2n) is 7.30. The summed E-state index contributed by atoms with van der Waals surface area (Å²) in [4.78, 5) is 17.0. The second-order valence-corrected chi connectivity index (χ2v) is 9.55. The van der Waals surface area contributed by atoms with Crippen molar-refractivity contribution in [3.63, 3.8) is 0 Å². The number of thioether (sulfide) groups is 1. The predicted molar refractivity (Wildman–Crippen MR) is 129 cm³/mol. The molecule has 3 aromatic carbocycles. The molecule has 5 aromatic rings. The van der Waals surface area contributed by atoms with Gasteiger partial charge in [-0.25, -0.2) is 14.1 Å². The number of nitrogens with one attached hydrogen (secondary N) is 1. The summed E-state index contributed by atoms with van der Waals surface area (Å²) in [5.74, 6) is 0.106. The molecule has 0 bridgehead atoms. The molecule has 0 aliphatic rings. The summed E-state index contributed by atoms with van der Waals surface area (Å²) in [6.07, 6.45) is 1.93. The molecule has 0 saturated heterocycles. The van der Waals surface area contributed by atoms with Crippen LogP contribution in [-0.4, -0.2) is 25.9 Å². The minimum atomic E-state index is -0.344. The van der Waals surface area contributed by atoms with Crippen molar-refractivity contribution < 1.29 is 9.18 Å². The van der Waals surface area contributed by atoms with Crippen LogP contribution in [0.25, 0.3) is 10.2 Å². The van der Waals surface area contributed by atoms with E-state index in [0.29, 0.717) is 23.5 Å². The zero-order valence-corrected chi connectivity index (χ0v) is 18.9. The highest BCUT2D eigenvalue weighted by molar-refractivity contribution is 8.00. The number of benzene rings is 3. The second kappa shape index (κ2) is 9.51. The molecule has 2 aromatic heterocycles. The van der Waals surface area contributed by atoms with E-state index in [1.807, 2.05) is 36.5 Å². The summed E-state index contributed by atoms with van der Waals surface area (Å²) < 4.78 is 17.0. The Bertz CT molecular complexity index is 1360. The van der Waals surface area contributed by atoms with Gasteiger partial charge in [-0.1, -0.05) is 41.2 Å². The maximum atomic E-state index is 13.0. The third-order valence-electron chi connectivity index (χ3n) is 4.87. The van der Waals surface area contributed by atoms with E-state index in [0.717, 1.165) is 21.1 Å². The van der Waals surface area contributed by atoms with Gasteiger partial charge in [-0.3, -0.25) is 4.79 Å². The van der Waals surface area contributed by atoms with Crippen LogP contribution in [-0.2, 0) is 12.3 Å². The van der Waals surface area contributed by atoms with Gasteiger partial charge in [0, 0.05) is 23.2 Å². The van der Waals surface area contributed by atoms with Crippen LogP contribution in [0.2, 0.25) is 0 Å². The Morgan fingerprint density at radius 3 is 2.61 bits per heavy atom. The molecule has 0 fully saturated rings. The Labute approximate surface area is 197 Å². The van der Waals surface area contributed by atoms with Crippen LogP contribution in [0.15, 0.2) is 83.3 Å². The van der Waals surface area contributed by atoms with Crippen LogP contribution in [0.1, 0.15) is 21.6 Å². The molecule has 0 radical (unpaired) electrons. The van der Waals surface area contributed by atoms with Crippen LogP contribution in [0.3, 0.4) is 0 Å². The fraction of sp³-hybridized carbons (Fsp3) is 0.0833. The van der Waals surface area contributed by atoms with E-state index in [2.05, 4.69) is 26.7 Å². The summed E-state index contributed by atoms with van der Waals surface area (Å²) in [7, 11) is 0. The fourth-order valence-electron chi connectivity index (χ4n) is 3.22. The van der Waals surface area contributed by atoms with Crippen molar-refractivity contribution in [1.29, 1.82) is 0 Å². The van der Waals surface area contributed by atoms with Crippen LogP contribution < -0.4 is 5.32 Å². The Morgan fingerprint density at radius 2 is 1.82 bits per heavy atom. The van der Waals surface area contributed by atoms with Gasteiger partial charge in [0.2, 0.25) is 0 Å². The zero-order chi connectivity index (χ0) is 22.6. The first-order chi connectivity index (χ1) is 16.1. The average Bonchev–Trinajstić information content (AvgIpc) is 3.46. The first-order valence-electron chi connectivity index (χ1n) is 10.2. The number of carbonyl (C=O) groups excluding carboxylic acids is 1. The number of anilines is 1. The van der Waals surface area contributed by atoms with Crippen molar-refractivity contribution in [1.82, 2.24) is 20.0 Å². The number of carbonyl (C=O) groups is 1. The van der Waals surface area contributed by atoms with Crippen LogP contribution in [0.5, 0.6) is 0 Å². The molecule has 5 rings (SSSR count). The largest absolute Gasteiger partial charge is 0.322 e. The molecule has 2 heterocycles. The molecule has 0 spiro atoms. The number of aromatic nitrogens is 4. The molecule has 0 unspecified atom stereocenters. The third kappa shape index (κ3) is 5.27. The van der Waals surface area contributed by atoms with Crippen LogP contribution in [0, 0.1) is 5.82 Å². The lowest BCUT2D eigenvalue weighted by atomic mass is 10.1. The van der Waals surface area contributed by atoms with Gasteiger partial charge in [0.05, 0.1) is 22.5 Å². The molecule has 164 valence electrons. The van der Waals surface area contributed by atoms with Crippen molar-refractivity contribution in [2.75, 3.05) is 5.32 Å². The standard InChI is InChI=1S/C24H18FN5OS2/c25-18-9-11-19(12-10-18)26-23(31)17-7-5-16(6-8-17)13-30-14-20(28-29-30)15-32-24-27-21-3-1-2-4-22(21)33-24/h1-12,14H,13,15H2,(H,26,31). The number of hydrogen-bond acceptors (Lipinski definition) is 6. The number of hydrogen-bond donors (Lipinski definition) is 1. The molecule has 1 amide bonds. The summed E-state index contributed by atoms with van der Waals surface area (Å²) in [5, 5.41) is 11.2. The Morgan fingerprint density at radius 1 is 1.03 bits per heavy atom. The van der Waals surface area contributed by atoms with Crippen molar-refractivity contribution >= 4 is 44.9 Å². The molecule has 9 heteroatoms. The number of thiazole rings is 1. The minimum absolute atomic E-state index is 0.247. The summed E-state index contributed by atoms with van der Waals surface area (Å²) in [6.45, 7) is 0.554. The molecule has 33 heavy (non-hydrogen) atoms. The van der Waals surface area contributed by atoms with E-state index in [4.69, 9.17) is 0 Å². The average molecular weight is 476 g/mol. The molecule has 0 atom stereocenters. The molecule has 0 aliphatic carbocycles. The lowest BCUT2D eigenvalue weighted by molar-refractivity contribution is 0.102. The Kier molecular flexibility index (Phi) is 6.14. The Balaban J connectivity index is 1.17. The molecular weight excluding hydrogens is 457 g/mol. The van der Waals surface area contributed by atoms with E-state index in [-0.39, 0.29) is 11.7 Å². The highest BCUT2D eigenvalue weighted by atomic mass is 32.2. The summed E-state index contributed by atoms with van der Waals surface area (Å²) >= 11 is 3.33. The first-order valence-corrected chi connectivity index (χ1v) is 12.0. The maximum absolute atomic E-state index is 13.0. The molecule has 0 aliphatic heterocycles. The van der Waals surface area contributed by atoms with Gasteiger partial charge in [-0.05, 0) is 54.1 Å². The monoisotopic (exact) mass is 475 g/mol. The van der Waals surface area contributed by atoms with Gasteiger partial charge in [0.15, 0.2) is 4.34 Å². The van der Waals surface area contributed by atoms with Crippen molar-refractivity contribution in [3.05, 3.63) is 102 Å². The third-order valence-corrected chi connectivity index (χ3v) is 7.08. The van der Waals surface area contributed by atoms with Gasteiger partial charge in [-0.15, -0.1) is 16.4 Å². The maximum Gasteiger partial charge on any atom is 0.255 e. The van der Waals surface area contributed by atoms with E-state index in [9.17, 15) is 9.18 Å². The molecule has 0 saturated carbocycles. The van der Waals surface area contributed by atoms with Crippen molar-refractivity contribution in [3.8, 4) is 0 Å². The number of halogens is 1. The van der Waals surface area contributed by atoms with Crippen molar-refractivity contribution in [2.24, 2.45) is 0 Å². The van der Waals surface area contributed by atoms with Gasteiger partial charge < -0.3 is 5.32 Å². The smallest absolute Gasteiger partial charge is 0.255 e. The van der Waals surface area contributed by atoms with Gasteiger partial charge in [0.25, 0.3) is 5.91 Å². The van der Waals surface area contributed by atoms with Crippen LogP contribution >= 0.6 is 23.1 Å². The van der Waals surface area contributed by atoms with E-state index in [1.54, 1.807) is 39.9 Å². The molecular formula is C24H18FN5OS2. The number of nitrogens with zero attached hydrogens (tertiary/aromatic N) is 4. The SMILES string of the molecule is O=C(Nc1ccc(F)cc1)c1ccc(Cn2cc(CSc3nc4ccccc4s3)nn2)cc1. The molecule has 6 nitrogen and oxygen atoms in total. The lowest BCUT2D eigenvalue weighted by Crippen LogP contribution is -2.12. The zero-order valence-electron chi connectivity index (χ0n) is 17.3. The highest BCUT2D eigenvalue weighted by Crippen LogP contribution is 2.30. The summed E-state index contributed by atoms with van der Waals surface area (Å²) in [5.41, 5.74) is 3.97. The van der Waals surface area contributed by atoms with E-state index >= 15 is 0 Å². The Hall–Kier alpha value is -3.56. The summed E-state index contributed by atoms with van der Waals surface area (Å²) in [6, 6.07) is 21.1. The van der Waals surface area contributed by atoms with Crippen molar-refractivity contribution in [2.45, 2.75) is 16.6 Å². The lowest BCUT2D eigenvalue weighted by Gasteiger charge is -2.06.